The van der Waals surface area contributed by atoms with Crippen LogP contribution in [0.5, 0.6) is 11.5 Å². The first kappa shape index (κ1) is 20.4. The molecule has 3 rings (SSSR count). The van der Waals surface area contributed by atoms with Crippen LogP contribution < -0.4 is 20.1 Å². The maximum absolute atomic E-state index is 12.3. The van der Waals surface area contributed by atoms with Gasteiger partial charge in [-0.05, 0) is 36.8 Å². The number of anilines is 1. The molecule has 1 amide bonds. The van der Waals surface area contributed by atoms with E-state index >= 15 is 0 Å². The monoisotopic (exact) mass is 391 g/mol. The molecule has 2 aromatic carbocycles. The highest BCUT2D eigenvalue weighted by molar-refractivity contribution is 5.91. The number of hydrogen-bond acceptors (Lipinski definition) is 5. The van der Waals surface area contributed by atoms with E-state index in [1.807, 2.05) is 67.7 Å². The molecule has 6 nitrogen and oxygen atoms in total. The number of methoxy groups -OCH3 is 1. The van der Waals surface area contributed by atoms with Crippen LogP contribution in [-0.4, -0.2) is 24.6 Å². The highest BCUT2D eigenvalue weighted by Gasteiger charge is 2.13. The summed E-state index contributed by atoms with van der Waals surface area (Å²) in [7, 11) is 1.58. The zero-order valence-corrected chi connectivity index (χ0v) is 16.6. The second-order valence-electron chi connectivity index (χ2n) is 6.62. The van der Waals surface area contributed by atoms with E-state index in [4.69, 9.17) is 9.47 Å². The zero-order valence-electron chi connectivity index (χ0n) is 16.6. The van der Waals surface area contributed by atoms with Crippen molar-refractivity contribution in [1.82, 2.24) is 10.3 Å². The van der Waals surface area contributed by atoms with Crippen molar-refractivity contribution < 1.29 is 14.3 Å². The van der Waals surface area contributed by atoms with Crippen LogP contribution in [0.4, 0.5) is 5.69 Å². The Balaban J connectivity index is 1.61. The van der Waals surface area contributed by atoms with Gasteiger partial charge >= 0.3 is 0 Å². The van der Waals surface area contributed by atoms with Crippen LogP contribution in [0.3, 0.4) is 0 Å². The van der Waals surface area contributed by atoms with Gasteiger partial charge < -0.3 is 20.1 Å². The van der Waals surface area contributed by atoms with Crippen molar-refractivity contribution >= 4 is 11.6 Å². The van der Waals surface area contributed by atoms with Gasteiger partial charge in [-0.25, -0.2) is 0 Å². The molecule has 2 N–H and O–H groups in total. The van der Waals surface area contributed by atoms with Gasteiger partial charge in [0, 0.05) is 36.7 Å². The number of aromatic nitrogens is 1. The Morgan fingerprint density at radius 2 is 1.86 bits per heavy atom. The fourth-order valence-electron chi connectivity index (χ4n) is 2.84. The standard InChI is InChI=1S/C23H25N3O3/c1-17-8-10-20(11-9-17)26-22(27)16-29-23-19(6-3-7-21(23)28-2)15-25-14-18-5-4-12-24-13-18/h3-13,25H,14-16H2,1-2H3,(H,26,27). The normalized spacial score (nSPS) is 10.4. The number of carbonyl (C=O) groups excluding carboxylic acids is 1. The number of hydrogen-bond donors (Lipinski definition) is 2. The molecule has 0 atom stereocenters. The number of rotatable bonds is 9. The fraction of sp³-hybridized carbons (Fsp3) is 0.217. The second-order valence-corrected chi connectivity index (χ2v) is 6.62. The van der Waals surface area contributed by atoms with Crippen LogP contribution in [0, 0.1) is 6.92 Å². The van der Waals surface area contributed by atoms with Gasteiger partial charge in [-0.3, -0.25) is 9.78 Å². The lowest BCUT2D eigenvalue weighted by Crippen LogP contribution is -2.21. The lowest BCUT2D eigenvalue weighted by molar-refractivity contribution is -0.118. The molecular weight excluding hydrogens is 366 g/mol. The summed E-state index contributed by atoms with van der Waals surface area (Å²) >= 11 is 0. The largest absolute Gasteiger partial charge is 0.493 e. The summed E-state index contributed by atoms with van der Waals surface area (Å²) in [5.41, 5.74) is 3.88. The molecular formula is C23H25N3O3. The lowest BCUT2D eigenvalue weighted by atomic mass is 10.1. The average molecular weight is 391 g/mol. The smallest absolute Gasteiger partial charge is 0.262 e. The van der Waals surface area contributed by atoms with Crippen molar-refractivity contribution in [3.63, 3.8) is 0 Å². The number of nitrogens with one attached hydrogen (secondary N) is 2. The van der Waals surface area contributed by atoms with Crippen LogP contribution in [-0.2, 0) is 17.9 Å². The summed E-state index contributed by atoms with van der Waals surface area (Å²) in [4.78, 5) is 16.4. The first-order valence-electron chi connectivity index (χ1n) is 9.40. The van der Waals surface area contributed by atoms with Crippen LogP contribution >= 0.6 is 0 Å². The quantitative estimate of drug-likeness (QED) is 0.582. The van der Waals surface area contributed by atoms with E-state index in [1.165, 1.54) is 0 Å². The van der Waals surface area contributed by atoms with Crippen molar-refractivity contribution in [2.24, 2.45) is 0 Å². The predicted octanol–water partition coefficient (Wildman–Crippen LogP) is 3.71. The fourth-order valence-corrected chi connectivity index (χ4v) is 2.84. The number of benzene rings is 2. The Hall–Kier alpha value is -3.38. The van der Waals surface area contributed by atoms with Crippen LogP contribution in [0.25, 0.3) is 0 Å². The minimum Gasteiger partial charge on any atom is -0.493 e. The number of nitrogens with zero attached hydrogens (tertiary/aromatic N) is 1. The summed E-state index contributed by atoms with van der Waals surface area (Å²) < 4.78 is 11.3. The average Bonchev–Trinajstić information content (AvgIpc) is 2.75. The molecule has 0 saturated carbocycles. The second kappa shape index (κ2) is 10.2. The number of amides is 1. The molecule has 0 radical (unpaired) electrons. The number of ether oxygens (including phenoxy) is 2. The van der Waals surface area contributed by atoms with Crippen LogP contribution in [0.15, 0.2) is 67.0 Å². The van der Waals surface area contributed by atoms with Gasteiger partial charge in [-0.2, -0.15) is 0 Å². The maximum Gasteiger partial charge on any atom is 0.262 e. The third-order valence-corrected chi connectivity index (χ3v) is 4.33. The zero-order chi connectivity index (χ0) is 20.5. The maximum atomic E-state index is 12.3. The number of carbonyl (C=O) groups is 1. The predicted molar refractivity (Wildman–Crippen MR) is 113 cm³/mol. The summed E-state index contributed by atoms with van der Waals surface area (Å²) in [6.07, 6.45) is 3.57. The molecule has 0 bridgehead atoms. The van der Waals surface area contributed by atoms with E-state index in [0.29, 0.717) is 24.6 Å². The molecule has 1 heterocycles. The van der Waals surface area contributed by atoms with Crippen molar-refractivity contribution in [3.8, 4) is 11.5 Å². The summed E-state index contributed by atoms with van der Waals surface area (Å²) in [5.74, 6) is 0.926. The highest BCUT2D eigenvalue weighted by Crippen LogP contribution is 2.31. The third-order valence-electron chi connectivity index (χ3n) is 4.33. The van der Waals surface area contributed by atoms with E-state index in [1.54, 1.807) is 13.3 Å². The highest BCUT2D eigenvalue weighted by atomic mass is 16.5. The first-order chi connectivity index (χ1) is 14.2. The Labute approximate surface area is 170 Å². The minimum atomic E-state index is -0.228. The van der Waals surface area contributed by atoms with E-state index in [9.17, 15) is 4.79 Å². The molecule has 0 fully saturated rings. The van der Waals surface area contributed by atoms with E-state index in [-0.39, 0.29) is 12.5 Å². The van der Waals surface area contributed by atoms with Crippen LogP contribution in [0.1, 0.15) is 16.7 Å². The Morgan fingerprint density at radius 3 is 2.59 bits per heavy atom. The Bertz CT molecular complexity index is 928. The molecule has 0 aliphatic heterocycles. The van der Waals surface area contributed by atoms with Crippen LogP contribution in [0.2, 0.25) is 0 Å². The minimum absolute atomic E-state index is 0.107. The van der Waals surface area contributed by atoms with Gasteiger partial charge in [-0.15, -0.1) is 0 Å². The van der Waals surface area contributed by atoms with Crippen molar-refractivity contribution in [2.45, 2.75) is 20.0 Å². The number of para-hydroxylation sites is 1. The van der Waals surface area contributed by atoms with Gasteiger partial charge in [-0.1, -0.05) is 35.9 Å². The molecule has 150 valence electrons. The van der Waals surface area contributed by atoms with Gasteiger partial charge in [0.15, 0.2) is 18.1 Å². The Morgan fingerprint density at radius 1 is 1.03 bits per heavy atom. The van der Waals surface area contributed by atoms with Gasteiger partial charge in [0.2, 0.25) is 0 Å². The van der Waals surface area contributed by atoms with E-state index in [2.05, 4.69) is 15.6 Å². The first-order valence-corrected chi connectivity index (χ1v) is 9.40. The SMILES string of the molecule is COc1cccc(CNCc2cccnc2)c1OCC(=O)Nc1ccc(C)cc1. The number of aryl methyl sites for hydroxylation is 1. The van der Waals surface area contributed by atoms with Crippen molar-refractivity contribution in [1.29, 1.82) is 0 Å². The molecule has 6 heteroatoms. The third kappa shape index (κ3) is 6.05. The van der Waals surface area contributed by atoms with Crippen molar-refractivity contribution in [3.05, 3.63) is 83.7 Å². The molecule has 0 saturated heterocycles. The van der Waals surface area contributed by atoms with Gasteiger partial charge in [0.25, 0.3) is 5.91 Å². The van der Waals surface area contributed by atoms with Gasteiger partial charge in [0.05, 0.1) is 7.11 Å². The van der Waals surface area contributed by atoms with Gasteiger partial charge in [0.1, 0.15) is 0 Å². The molecule has 1 aromatic heterocycles. The lowest BCUT2D eigenvalue weighted by Gasteiger charge is -2.15. The molecule has 0 unspecified atom stereocenters. The molecule has 0 aliphatic carbocycles. The van der Waals surface area contributed by atoms with Crippen molar-refractivity contribution in [2.75, 3.05) is 19.0 Å². The van der Waals surface area contributed by atoms with E-state index < -0.39 is 0 Å². The molecule has 0 aliphatic rings. The van der Waals surface area contributed by atoms with E-state index in [0.717, 1.165) is 22.4 Å². The molecule has 0 spiro atoms. The molecule has 3 aromatic rings. The topological polar surface area (TPSA) is 72.5 Å². The molecule has 29 heavy (non-hydrogen) atoms. The number of pyridine rings is 1. The summed E-state index contributed by atoms with van der Waals surface area (Å²) in [5, 5.41) is 6.20. The summed E-state index contributed by atoms with van der Waals surface area (Å²) in [6, 6.07) is 17.2. The Kier molecular flexibility index (Phi) is 7.19. The summed E-state index contributed by atoms with van der Waals surface area (Å²) in [6.45, 7) is 3.14.